The molecule has 5 nitrogen and oxygen atoms in total. The van der Waals surface area contributed by atoms with Crippen LogP contribution in [0.1, 0.15) is 12.7 Å². The second-order valence-electron chi connectivity index (χ2n) is 4.05. The lowest BCUT2D eigenvalue weighted by Gasteiger charge is -2.09. The van der Waals surface area contributed by atoms with Crippen molar-refractivity contribution >= 4 is 0 Å². The van der Waals surface area contributed by atoms with E-state index in [1.54, 1.807) is 22.9 Å². The summed E-state index contributed by atoms with van der Waals surface area (Å²) >= 11 is 0. The summed E-state index contributed by atoms with van der Waals surface area (Å²) in [7, 11) is 0. The van der Waals surface area contributed by atoms with Gasteiger partial charge in [0.15, 0.2) is 0 Å². The van der Waals surface area contributed by atoms with Crippen LogP contribution in [0.2, 0.25) is 0 Å². The Bertz CT molecular complexity index is 544. The van der Waals surface area contributed by atoms with Crippen molar-refractivity contribution in [2.24, 2.45) is 0 Å². The molecule has 0 saturated carbocycles. The quantitative estimate of drug-likeness (QED) is 0.822. The van der Waals surface area contributed by atoms with Gasteiger partial charge in [-0.05, 0) is 12.6 Å². The van der Waals surface area contributed by atoms with Crippen molar-refractivity contribution in [1.29, 1.82) is 0 Å². The highest BCUT2D eigenvalue weighted by Crippen LogP contribution is 1.98. The Kier molecular flexibility index (Phi) is 4.30. The van der Waals surface area contributed by atoms with E-state index in [1.807, 2.05) is 18.5 Å². The predicted molar refractivity (Wildman–Crippen MR) is 70.3 cm³/mol. The Labute approximate surface area is 106 Å². The van der Waals surface area contributed by atoms with Gasteiger partial charge in [-0.3, -0.25) is 4.79 Å². The molecular weight excluding hydrogens is 228 g/mol. The zero-order valence-electron chi connectivity index (χ0n) is 10.5. The van der Waals surface area contributed by atoms with Crippen molar-refractivity contribution in [2.45, 2.75) is 26.6 Å². The minimum Gasteiger partial charge on any atom is -0.332 e. The third kappa shape index (κ3) is 3.07. The van der Waals surface area contributed by atoms with Gasteiger partial charge < -0.3 is 14.5 Å². The molecule has 0 aliphatic rings. The second kappa shape index (κ2) is 6.16. The van der Waals surface area contributed by atoms with E-state index in [0.29, 0.717) is 6.54 Å². The largest absolute Gasteiger partial charge is 0.332 e. The van der Waals surface area contributed by atoms with Crippen LogP contribution >= 0.6 is 0 Å². The Morgan fingerprint density at radius 3 is 2.83 bits per heavy atom. The number of aromatic nitrogens is 3. The van der Waals surface area contributed by atoms with Crippen molar-refractivity contribution in [3.63, 3.8) is 0 Å². The fraction of sp³-hybridized carbons (Fsp3) is 0.385. The molecule has 0 spiro atoms. The van der Waals surface area contributed by atoms with Gasteiger partial charge in [0.2, 0.25) is 0 Å². The number of nitrogens with zero attached hydrogens (tertiary/aromatic N) is 3. The Morgan fingerprint density at radius 2 is 2.06 bits per heavy atom. The zero-order chi connectivity index (χ0) is 12.8. The summed E-state index contributed by atoms with van der Waals surface area (Å²) in [6, 6.07) is 5.20. The number of hydrogen-bond acceptors (Lipinski definition) is 3. The van der Waals surface area contributed by atoms with E-state index in [2.05, 4.69) is 21.8 Å². The fourth-order valence-corrected chi connectivity index (χ4v) is 1.81. The summed E-state index contributed by atoms with van der Waals surface area (Å²) in [6.45, 7) is 5.16. The lowest BCUT2D eigenvalue weighted by molar-refractivity contribution is 0.535. The van der Waals surface area contributed by atoms with Gasteiger partial charge >= 0.3 is 0 Å². The van der Waals surface area contributed by atoms with Crippen LogP contribution in [0.25, 0.3) is 0 Å². The molecule has 2 aromatic rings. The normalized spacial score (nSPS) is 10.7. The molecule has 0 saturated heterocycles. The van der Waals surface area contributed by atoms with Crippen LogP contribution in [-0.4, -0.2) is 20.7 Å². The second-order valence-corrected chi connectivity index (χ2v) is 4.05. The molecule has 96 valence electrons. The van der Waals surface area contributed by atoms with Crippen molar-refractivity contribution in [3.8, 4) is 0 Å². The maximum Gasteiger partial charge on any atom is 0.250 e. The average molecular weight is 246 g/mol. The lowest BCUT2D eigenvalue weighted by Crippen LogP contribution is -2.22. The summed E-state index contributed by atoms with van der Waals surface area (Å²) in [4.78, 5) is 15.9. The van der Waals surface area contributed by atoms with Gasteiger partial charge in [-0.1, -0.05) is 13.0 Å². The van der Waals surface area contributed by atoms with Gasteiger partial charge in [-0.15, -0.1) is 0 Å². The van der Waals surface area contributed by atoms with Gasteiger partial charge in [0.1, 0.15) is 5.82 Å². The summed E-state index contributed by atoms with van der Waals surface area (Å²) in [5, 5.41) is 3.25. The van der Waals surface area contributed by atoms with Crippen molar-refractivity contribution in [2.75, 3.05) is 6.54 Å². The molecule has 0 radical (unpaired) electrons. The number of imidazole rings is 1. The van der Waals surface area contributed by atoms with Crippen LogP contribution in [0.5, 0.6) is 0 Å². The summed E-state index contributed by atoms with van der Waals surface area (Å²) in [5.74, 6) is 1.00. The smallest absolute Gasteiger partial charge is 0.250 e. The molecule has 0 amide bonds. The van der Waals surface area contributed by atoms with E-state index < -0.39 is 0 Å². The number of hydrogen-bond donors (Lipinski definition) is 1. The molecule has 18 heavy (non-hydrogen) atoms. The summed E-state index contributed by atoms with van der Waals surface area (Å²) in [6.07, 6.45) is 5.55. The van der Waals surface area contributed by atoms with Gasteiger partial charge in [0.25, 0.3) is 5.56 Å². The minimum atomic E-state index is 0.0332. The Morgan fingerprint density at radius 1 is 1.22 bits per heavy atom. The van der Waals surface area contributed by atoms with E-state index in [-0.39, 0.29) is 5.56 Å². The van der Waals surface area contributed by atoms with Gasteiger partial charge in [0, 0.05) is 37.7 Å². The summed E-state index contributed by atoms with van der Waals surface area (Å²) < 4.78 is 3.78. The van der Waals surface area contributed by atoms with E-state index in [4.69, 9.17) is 0 Å². The van der Waals surface area contributed by atoms with Crippen LogP contribution in [-0.2, 0) is 19.6 Å². The molecule has 2 heterocycles. The van der Waals surface area contributed by atoms with Crippen LogP contribution in [0, 0.1) is 0 Å². The molecule has 2 rings (SSSR count). The number of rotatable bonds is 6. The molecule has 0 bridgehead atoms. The molecule has 5 heteroatoms. The third-order valence-electron chi connectivity index (χ3n) is 2.82. The molecule has 0 aliphatic heterocycles. The summed E-state index contributed by atoms with van der Waals surface area (Å²) in [5.41, 5.74) is 0.0332. The SMILES string of the molecule is CCNCc1nccn1CCn1ccccc1=O. The van der Waals surface area contributed by atoms with Crippen LogP contribution in [0.15, 0.2) is 41.6 Å². The third-order valence-corrected chi connectivity index (χ3v) is 2.82. The molecule has 0 unspecified atom stereocenters. The standard InChI is InChI=1S/C13H18N4O/c1-2-14-11-12-15-6-8-16(12)9-10-17-7-4-3-5-13(17)18/h3-8,14H,2,9-11H2,1H3. The van der Waals surface area contributed by atoms with Crippen molar-refractivity contribution in [1.82, 2.24) is 19.4 Å². The average Bonchev–Trinajstić information content (AvgIpc) is 2.83. The maximum atomic E-state index is 11.6. The molecule has 0 aliphatic carbocycles. The Balaban J connectivity index is 2.00. The maximum absolute atomic E-state index is 11.6. The van der Waals surface area contributed by atoms with E-state index in [9.17, 15) is 4.79 Å². The molecule has 0 atom stereocenters. The van der Waals surface area contributed by atoms with E-state index in [1.165, 1.54) is 0 Å². The van der Waals surface area contributed by atoms with Crippen molar-refractivity contribution < 1.29 is 0 Å². The van der Waals surface area contributed by atoms with Gasteiger partial charge in [0.05, 0.1) is 6.54 Å². The lowest BCUT2D eigenvalue weighted by atomic mass is 10.4. The first-order chi connectivity index (χ1) is 8.81. The first-order valence-corrected chi connectivity index (χ1v) is 6.17. The monoisotopic (exact) mass is 246 g/mol. The molecule has 0 aromatic carbocycles. The van der Waals surface area contributed by atoms with Gasteiger partial charge in [-0.2, -0.15) is 0 Å². The fourth-order valence-electron chi connectivity index (χ4n) is 1.81. The van der Waals surface area contributed by atoms with Crippen molar-refractivity contribution in [3.05, 3.63) is 53.0 Å². The molecule has 2 aromatic heterocycles. The number of aryl methyl sites for hydroxylation is 2. The highest BCUT2D eigenvalue weighted by atomic mass is 16.1. The van der Waals surface area contributed by atoms with Crippen LogP contribution in [0.3, 0.4) is 0 Å². The number of pyridine rings is 1. The first kappa shape index (κ1) is 12.6. The highest BCUT2D eigenvalue weighted by molar-refractivity contribution is 4.94. The molecule has 0 fully saturated rings. The van der Waals surface area contributed by atoms with E-state index >= 15 is 0 Å². The highest BCUT2D eigenvalue weighted by Gasteiger charge is 2.02. The first-order valence-electron chi connectivity index (χ1n) is 6.17. The van der Waals surface area contributed by atoms with Crippen LogP contribution in [0.4, 0.5) is 0 Å². The molecular formula is C13H18N4O. The molecule has 1 N–H and O–H groups in total. The zero-order valence-corrected chi connectivity index (χ0v) is 10.5. The van der Waals surface area contributed by atoms with Gasteiger partial charge in [-0.25, -0.2) is 4.98 Å². The minimum absolute atomic E-state index is 0.0332. The predicted octanol–water partition coefficient (Wildman–Crippen LogP) is 0.854. The number of nitrogens with one attached hydrogen (secondary N) is 1. The van der Waals surface area contributed by atoms with E-state index in [0.717, 1.165) is 25.5 Å². The topological polar surface area (TPSA) is 51.9 Å². The van der Waals surface area contributed by atoms with Crippen LogP contribution < -0.4 is 10.9 Å². The Hall–Kier alpha value is -1.88.